The van der Waals surface area contributed by atoms with Gasteiger partial charge in [-0.2, -0.15) is 0 Å². The van der Waals surface area contributed by atoms with Crippen LogP contribution in [0.1, 0.15) is 32.6 Å². The number of nitrogens with zero attached hydrogens (tertiary/aromatic N) is 2. The zero-order chi connectivity index (χ0) is 15.3. The van der Waals surface area contributed by atoms with Crippen LogP contribution in [-0.2, 0) is 14.8 Å². The fourth-order valence-corrected chi connectivity index (χ4v) is 4.62. The molecule has 0 spiro atoms. The highest BCUT2D eigenvalue weighted by molar-refractivity contribution is 7.89. The minimum Gasteiger partial charge on any atom is -0.302 e. The van der Waals surface area contributed by atoms with Crippen LogP contribution in [-0.4, -0.2) is 42.5 Å². The van der Waals surface area contributed by atoms with Crippen molar-refractivity contribution in [2.75, 3.05) is 24.2 Å². The monoisotopic (exact) mass is 331 g/mol. The Hall–Kier alpha value is -0.990. The molecular formula is C13H21N3O3S2. The SMILES string of the molecule is CCCCS(=O)(=O)N1CCC[C@@H](C(=O)Nc2nccs2)C1. The van der Waals surface area contributed by atoms with Gasteiger partial charge < -0.3 is 5.32 Å². The molecular weight excluding hydrogens is 310 g/mol. The van der Waals surface area contributed by atoms with E-state index in [9.17, 15) is 13.2 Å². The molecule has 1 saturated heterocycles. The number of thiazole rings is 1. The first kappa shape index (κ1) is 16.4. The summed E-state index contributed by atoms with van der Waals surface area (Å²) in [5.74, 6) is -0.260. The number of piperidine rings is 1. The van der Waals surface area contributed by atoms with E-state index in [1.54, 1.807) is 11.6 Å². The van der Waals surface area contributed by atoms with Gasteiger partial charge in [0.15, 0.2) is 5.13 Å². The Labute approximate surface area is 129 Å². The highest BCUT2D eigenvalue weighted by Crippen LogP contribution is 2.22. The summed E-state index contributed by atoms with van der Waals surface area (Å²) in [5, 5.41) is 5.10. The molecule has 1 aliphatic heterocycles. The van der Waals surface area contributed by atoms with Crippen LogP contribution in [0.4, 0.5) is 5.13 Å². The Kier molecular flexibility index (Phi) is 5.72. The van der Waals surface area contributed by atoms with Crippen molar-refractivity contribution in [3.8, 4) is 0 Å². The van der Waals surface area contributed by atoms with Crippen LogP contribution in [0.3, 0.4) is 0 Å². The molecule has 0 aromatic carbocycles. The summed E-state index contributed by atoms with van der Waals surface area (Å²) in [6.07, 6.45) is 4.58. The molecule has 0 saturated carbocycles. The maximum atomic E-state index is 12.2. The molecule has 1 aromatic rings. The molecule has 0 aliphatic carbocycles. The molecule has 1 aliphatic rings. The van der Waals surface area contributed by atoms with Gasteiger partial charge in [0.2, 0.25) is 15.9 Å². The van der Waals surface area contributed by atoms with E-state index in [0.717, 1.165) is 19.3 Å². The third-order valence-electron chi connectivity index (χ3n) is 3.57. The predicted octanol–water partition coefficient (Wildman–Crippen LogP) is 1.92. The number of nitrogens with one attached hydrogen (secondary N) is 1. The van der Waals surface area contributed by atoms with Gasteiger partial charge in [-0.3, -0.25) is 4.79 Å². The van der Waals surface area contributed by atoms with Crippen molar-refractivity contribution in [3.05, 3.63) is 11.6 Å². The first-order chi connectivity index (χ1) is 10.0. The van der Waals surface area contributed by atoms with Crippen molar-refractivity contribution in [3.63, 3.8) is 0 Å². The van der Waals surface area contributed by atoms with Crippen molar-refractivity contribution < 1.29 is 13.2 Å². The summed E-state index contributed by atoms with van der Waals surface area (Å²) in [5.41, 5.74) is 0. The predicted molar refractivity (Wildman–Crippen MR) is 83.7 cm³/mol. The van der Waals surface area contributed by atoms with Crippen LogP contribution in [0.25, 0.3) is 0 Å². The summed E-state index contributed by atoms with van der Waals surface area (Å²) in [7, 11) is -3.23. The summed E-state index contributed by atoms with van der Waals surface area (Å²) < 4.78 is 25.9. The number of hydrogen-bond donors (Lipinski definition) is 1. The van der Waals surface area contributed by atoms with Gasteiger partial charge in [-0.1, -0.05) is 13.3 Å². The topological polar surface area (TPSA) is 79.4 Å². The number of aromatic nitrogens is 1. The second kappa shape index (κ2) is 7.33. The number of carbonyl (C=O) groups is 1. The molecule has 1 atom stereocenters. The van der Waals surface area contributed by atoms with Crippen molar-refractivity contribution in [2.45, 2.75) is 32.6 Å². The van der Waals surface area contributed by atoms with E-state index >= 15 is 0 Å². The maximum absolute atomic E-state index is 12.2. The minimum absolute atomic E-state index is 0.139. The lowest BCUT2D eigenvalue weighted by atomic mass is 9.99. The van der Waals surface area contributed by atoms with Gasteiger partial charge in [-0.15, -0.1) is 11.3 Å². The minimum atomic E-state index is -3.23. The number of anilines is 1. The Morgan fingerprint density at radius 1 is 1.57 bits per heavy atom. The zero-order valence-electron chi connectivity index (χ0n) is 12.1. The molecule has 2 heterocycles. The highest BCUT2D eigenvalue weighted by Gasteiger charge is 2.32. The summed E-state index contributed by atoms with van der Waals surface area (Å²) >= 11 is 1.36. The van der Waals surface area contributed by atoms with Gasteiger partial charge in [0, 0.05) is 24.7 Å². The van der Waals surface area contributed by atoms with Crippen molar-refractivity contribution in [1.82, 2.24) is 9.29 Å². The van der Waals surface area contributed by atoms with E-state index in [1.807, 2.05) is 6.92 Å². The van der Waals surface area contributed by atoms with E-state index in [0.29, 0.717) is 18.1 Å². The van der Waals surface area contributed by atoms with Crippen molar-refractivity contribution in [1.29, 1.82) is 0 Å². The average molecular weight is 331 g/mol. The Morgan fingerprint density at radius 2 is 2.38 bits per heavy atom. The van der Waals surface area contributed by atoms with E-state index in [1.165, 1.54) is 15.6 Å². The molecule has 21 heavy (non-hydrogen) atoms. The second-order valence-electron chi connectivity index (χ2n) is 5.19. The van der Waals surface area contributed by atoms with E-state index in [4.69, 9.17) is 0 Å². The fraction of sp³-hybridized carbons (Fsp3) is 0.692. The Bertz CT molecular complexity index is 557. The molecule has 2 rings (SSSR count). The molecule has 0 unspecified atom stereocenters. The van der Waals surface area contributed by atoms with Gasteiger partial charge >= 0.3 is 0 Å². The third-order valence-corrected chi connectivity index (χ3v) is 6.18. The lowest BCUT2D eigenvalue weighted by molar-refractivity contribution is -0.120. The Morgan fingerprint density at radius 3 is 3.05 bits per heavy atom. The number of unbranched alkanes of at least 4 members (excludes halogenated alkanes) is 1. The maximum Gasteiger partial charge on any atom is 0.230 e. The van der Waals surface area contributed by atoms with Crippen molar-refractivity contribution in [2.24, 2.45) is 5.92 Å². The quantitative estimate of drug-likeness (QED) is 0.864. The van der Waals surface area contributed by atoms with Crippen LogP contribution in [0.2, 0.25) is 0 Å². The lowest BCUT2D eigenvalue weighted by Gasteiger charge is -2.31. The first-order valence-electron chi connectivity index (χ1n) is 7.21. The average Bonchev–Trinajstić information content (AvgIpc) is 2.98. The number of rotatable bonds is 6. The highest BCUT2D eigenvalue weighted by atomic mass is 32.2. The first-order valence-corrected chi connectivity index (χ1v) is 9.70. The van der Waals surface area contributed by atoms with Gasteiger partial charge in [-0.05, 0) is 19.3 Å². The van der Waals surface area contributed by atoms with E-state index in [-0.39, 0.29) is 24.1 Å². The zero-order valence-corrected chi connectivity index (χ0v) is 13.8. The number of hydrogen-bond acceptors (Lipinski definition) is 5. The normalized spacial score (nSPS) is 20.3. The van der Waals surface area contributed by atoms with Crippen LogP contribution in [0.15, 0.2) is 11.6 Å². The Balaban J connectivity index is 1.95. The molecule has 6 nitrogen and oxygen atoms in total. The number of carbonyl (C=O) groups excluding carboxylic acids is 1. The summed E-state index contributed by atoms with van der Waals surface area (Å²) in [6.45, 7) is 2.77. The van der Waals surface area contributed by atoms with Crippen LogP contribution in [0, 0.1) is 5.92 Å². The molecule has 1 amide bonds. The smallest absolute Gasteiger partial charge is 0.230 e. The summed E-state index contributed by atoms with van der Waals surface area (Å²) in [4.78, 5) is 16.2. The molecule has 8 heteroatoms. The molecule has 0 bridgehead atoms. The molecule has 0 radical (unpaired) electrons. The van der Waals surface area contributed by atoms with Crippen LogP contribution >= 0.6 is 11.3 Å². The largest absolute Gasteiger partial charge is 0.302 e. The molecule has 1 aromatic heterocycles. The standard InChI is InChI=1S/C13H21N3O3S2/c1-2-3-9-21(18,19)16-7-4-5-11(10-16)12(17)15-13-14-6-8-20-13/h6,8,11H,2-5,7,9-10H2,1H3,(H,14,15,17)/t11-/m1/s1. The molecule has 1 fully saturated rings. The molecule has 118 valence electrons. The number of sulfonamides is 1. The van der Waals surface area contributed by atoms with Crippen LogP contribution in [0.5, 0.6) is 0 Å². The van der Waals surface area contributed by atoms with Gasteiger partial charge in [-0.25, -0.2) is 17.7 Å². The van der Waals surface area contributed by atoms with E-state index in [2.05, 4.69) is 10.3 Å². The molecule has 1 N–H and O–H groups in total. The van der Waals surface area contributed by atoms with Gasteiger partial charge in [0.25, 0.3) is 0 Å². The third kappa shape index (κ3) is 4.49. The fourth-order valence-electron chi connectivity index (χ4n) is 2.36. The van der Waals surface area contributed by atoms with Gasteiger partial charge in [0.1, 0.15) is 0 Å². The van der Waals surface area contributed by atoms with Crippen molar-refractivity contribution >= 4 is 32.4 Å². The lowest BCUT2D eigenvalue weighted by Crippen LogP contribution is -2.44. The van der Waals surface area contributed by atoms with Crippen LogP contribution < -0.4 is 5.32 Å². The summed E-state index contributed by atoms with van der Waals surface area (Å²) in [6, 6.07) is 0. The second-order valence-corrected chi connectivity index (χ2v) is 8.18. The van der Waals surface area contributed by atoms with Gasteiger partial charge in [0.05, 0.1) is 11.7 Å². The van der Waals surface area contributed by atoms with E-state index < -0.39 is 10.0 Å². The number of amides is 1.